The molecule has 0 radical (unpaired) electrons. The van der Waals surface area contributed by atoms with E-state index in [0.29, 0.717) is 11.8 Å². The predicted molar refractivity (Wildman–Crippen MR) is 56.9 cm³/mol. The molecule has 14 heavy (non-hydrogen) atoms. The number of carbonyl (C=O) groups is 1. The molecular weight excluding hydrogens is 176 g/mol. The van der Waals surface area contributed by atoms with Gasteiger partial charge in [-0.05, 0) is 37.2 Å². The lowest BCUT2D eigenvalue weighted by molar-refractivity contribution is -0.145. The average molecular weight is 196 g/mol. The quantitative estimate of drug-likeness (QED) is 0.501. The summed E-state index contributed by atoms with van der Waals surface area (Å²) in [6, 6.07) is 0. The van der Waals surface area contributed by atoms with Crippen molar-refractivity contribution in [3.63, 3.8) is 0 Å². The smallest absolute Gasteiger partial charge is 0.303 e. The predicted octanol–water partition coefficient (Wildman–Crippen LogP) is 2.93. The van der Waals surface area contributed by atoms with Crippen molar-refractivity contribution in [2.24, 2.45) is 11.8 Å². The molecule has 2 heteroatoms. The van der Waals surface area contributed by atoms with Crippen molar-refractivity contribution in [3.05, 3.63) is 11.6 Å². The van der Waals surface area contributed by atoms with Crippen molar-refractivity contribution in [1.29, 1.82) is 0 Å². The van der Waals surface area contributed by atoms with Crippen LogP contribution in [0.5, 0.6) is 0 Å². The van der Waals surface area contributed by atoms with E-state index in [-0.39, 0.29) is 12.1 Å². The molecule has 0 N–H and O–H groups in total. The van der Waals surface area contributed by atoms with E-state index in [1.807, 2.05) is 6.92 Å². The summed E-state index contributed by atoms with van der Waals surface area (Å²) in [6.07, 6.45) is 4.34. The third-order valence-corrected chi connectivity index (χ3v) is 3.02. The first-order chi connectivity index (χ1) is 6.50. The zero-order valence-corrected chi connectivity index (χ0v) is 9.54. The van der Waals surface area contributed by atoms with Crippen LogP contribution in [0, 0.1) is 11.8 Å². The Morgan fingerprint density at radius 1 is 1.57 bits per heavy atom. The minimum absolute atomic E-state index is 0.0219. The fraction of sp³-hybridized carbons (Fsp3) is 0.750. The average Bonchev–Trinajstić information content (AvgIpc) is 2.07. The van der Waals surface area contributed by atoms with Crippen molar-refractivity contribution in [2.45, 2.75) is 46.6 Å². The van der Waals surface area contributed by atoms with Crippen LogP contribution in [0.3, 0.4) is 0 Å². The van der Waals surface area contributed by atoms with Gasteiger partial charge in [0.2, 0.25) is 0 Å². The second-order valence-electron chi connectivity index (χ2n) is 4.52. The van der Waals surface area contributed by atoms with Crippen LogP contribution in [0.2, 0.25) is 0 Å². The molecule has 0 aromatic heterocycles. The van der Waals surface area contributed by atoms with E-state index in [4.69, 9.17) is 4.74 Å². The molecule has 0 bridgehead atoms. The minimum atomic E-state index is -0.174. The number of hydrogen-bond acceptors (Lipinski definition) is 2. The molecule has 2 nitrogen and oxygen atoms in total. The molecular formula is C12H20O2. The molecule has 0 amide bonds. The Labute approximate surface area is 86.3 Å². The van der Waals surface area contributed by atoms with Gasteiger partial charge in [-0.3, -0.25) is 4.79 Å². The largest absolute Gasteiger partial charge is 0.458 e. The lowest BCUT2D eigenvalue weighted by Crippen LogP contribution is -2.26. The van der Waals surface area contributed by atoms with E-state index < -0.39 is 0 Å². The molecule has 0 aliphatic heterocycles. The summed E-state index contributed by atoms with van der Waals surface area (Å²) in [6.45, 7) is 7.98. The van der Waals surface area contributed by atoms with E-state index in [1.54, 1.807) is 0 Å². The van der Waals surface area contributed by atoms with Crippen LogP contribution in [0.15, 0.2) is 11.6 Å². The molecule has 0 saturated heterocycles. The number of ether oxygens (including phenoxy) is 1. The van der Waals surface area contributed by atoms with Crippen molar-refractivity contribution < 1.29 is 9.53 Å². The Hall–Kier alpha value is -0.790. The molecule has 2 atom stereocenters. The van der Waals surface area contributed by atoms with Crippen molar-refractivity contribution in [3.8, 4) is 0 Å². The molecule has 0 spiro atoms. The van der Waals surface area contributed by atoms with Gasteiger partial charge >= 0.3 is 5.97 Å². The Bertz CT molecular complexity index is 241. The van der Waals surface area contributed by atoms with Crippen molar-refractivity contribution in [2.75, 3.05) is 0 Å². The van der Waals surface area contributed by atoms with Gasteiger partial charge in [0.05, 0.1) is 0 Å². The van der Waals surface area contributed by atoms with E-state index in [0.717, 1.165) is 12.8 Å². The fourth-order valence-electron chi connectivity index (χ4n) is 1.91. The highest BCUT2D eigenvalue weighted by Gasteiger charge is 2.25. The zero-order valence-electron chi connectivity index (χ0n) is 9.54. The molecule has 0 aromatic rings. The first-order valence-electron chi connectivity index (χ1n) is 5.34. The van der Waals surface area contributed by atoms with Crippen LogP contribution in [0.4, 0.5) is 0 Å². The highest BCUT2D eigenvalue weighted by Crippen LogP contribution is 2.30. The van der Waals surface area contributed by atoms with Gasteiger partial charge in [-0.25, -0.2) is 0 Å². The van der Waals surface area contributed by atoms with Gasteiger partial charge in [-0.2, -0.15) is 0 Å². The summed E-state index contributed by atoms with van der Waals surface area (Å²) < 4.78 is 5.28. The van der Waals surface area contributed by atoms with Gasteiger partial charge in [-0.1, -0.05) is 19.9 Å². The van der Waals surface area contributed by atoms with Gasteiger partial charge in [0.15, 0.2) is 0 Å². The fourth-order valence-corrected chi connectivity index (χ4v) is 1.91. The number of rotatable bonds is 2. The second-order valence-corrected chi connectivity index (χ2v) is 4.52. The molecule has 1 aliphatic rings. The molecule has 2 unspecified atom stereocenters. The minimum Gasteiger partial charge on any atom is -0.458 e. The standard InChI is InChI=1S/C12H20O2/c1-8(2)11-6-5-9(3)12(7-11)14-10(4)13/h5,8,11-12H,6-7H2,1-4H3. The number of esters is 1. The van der Waals surface area contributed by atoms with Crippen LogP contribution in [-0.4, -0.2) is 12.1 Å². The van der Waals surface area contributed by atoms with E-state index >= 15 is 0 Å². The summed E-state index contributed by atoms with van der Waals surface area (Å²) in [7, 11) is 0. The monoisotopic (exact) mass is 196 g/mol. The van der Waals surface area contributed by atoms with Crippen molar-refractivity contribution >= 4 is 5.97 Å². The normalized spacial score (nSPS) is 27.4. The van der Waals surface area contributed by atoms with Crippen LogP contribution >= 0.6 is 0 Å². The number of carbonyl (C=O) groups excluding carboxylic acids is 1. The molecule has 0 saturated carbocycles. The second kappa shape index (κ2) is 4.63. The lowest BCUT2D eigenvalue weighted by Gasteiger charge is -2.30. The molecule has 1 rings (SSSR count). The maximum absolute atomic E-state index is 10.9. The van der Waals surface area contributed by atoms with Crippen LogP contribution < -0.4 is 0 Å². The van der Waals surface area contributed by atoms with Gasteiger partial charge in [0.25, 0.3) is 0 Å². The summed E-state index contributed by atoms with van der Waals surface area (Å²) in [4.78, 5) is 10.9. The maximum atomic E-state index is 10.9. The summed E-state index contributed by atoms with van der Waals surface area (Å²) in [5, 5.41) is 0. The summed E-state index contributed by atoms with van der Waals surface area (Å²) >= 11 is 0. The first-order valence-corrected chi connectivity index (χ1v) is 5.34. The molecule has 1 aliphatic carbocycles. The van der Waals surface area contributed by atoms with E-state index in [1.165, 1.54) is 12.5 Å². The highest BCUT2D eigenvalue weighted by molar-refractivity contribution is 5.66. The highest BCUT2D eigenvalue weighted by atomic mass is 16.5. The molecule has 80 valence electrons. The van der Waals surface area contributed by atoms with Crippen molar-refractivity contribution in [1.82, 2.24) is 0 Å². The van der Waals surface area contributed by atoms with Gasteiger partial charge in [0, 0.05) is 6.92 Å². The lowest BCUT2D eigenvalue weighted by atomic mass is 9.81. The van der Waals surface area contributed by atoms with Gasteiger partial charge in [0.1, 0.15) is 6.10 Å². The topological polar surface area (TPSA) is 26.3 Å². The van der Waals surface area contributed by atoms with Crippen LogP contribution in [0.1, 0.15) is 40.5 Å². The van der Waals surface area contributed by atoms with E-state index in [9.17, 15) is 4.79 Å². The maximum Gasteiger partial charge on any atom is 0.303 e. The first kappa shape index (κ1) is 11.3. The molecule has 0 aromatic carbocycles. The van der Waals surface area contributed by atoms with Gasteiger partial charge in [-0.15, -0.1) is 0 Å². The van der Waals surface area contributed by atoms with Gasteiger partial charge < -0.3 is 4.74 Å². The Morgan fingerprint density at radius 2 is 2.21 bits per heavy atom. The Kier molecular flexibility index (Phi) is 3.73. The van der Waals surface area contributed by atoms with E-state index in [2.05, 4.69) is 19.9 Å². The van der Waals surface area contributed by atoms with Crippen LogP contribution in [-0.2, 0) is 9.53 Å². The Morgan fingerprint density at radius 3 is 2.71 bits per heavy atom. The Balaban J connectivity index is 2.62. The third kappa shape index (κ3) is 2.86. The zero-order chi connectivity index (χ0) is 10.7. The third-order valence-electron chi connectivity index (χ3n) is 3.02. The SMILES string of the molecule is CC(=O)OC1CC(C(C)C)CC=C1C. The summed E-state index contributed by atoms with van der Waals surface area (Å²) in [5.74, 6) is 1.15. The molecule has 0 fully saturated rings. The number of allylic oxidation sites excluding steroid dienone is 1. The van der Waals surface area contributed by atoms with Crippen LogP contribution in [0.25, 0.3) is 0 Å². The number of hydrogen-bond donors (Lipinski definition) is 0. The summed E-state index contributed by atoms with van der Waals surface area (Å²) in [5.41, 5.74) is 1.21. The molecule has 0 heterocycles.